The Labute approximate surface area is 106 Å². The van der Waals surface area contributed by atoms with Crippen LogP contribution in [-0.2, 0) is 6.42 Å². The monoisotopic (exact) mass is 282 g/mol. The minimum atomic E-state index is 0.386. The molecule has 16 heavy (non-hydrogen) atoms. The van der Waals surface area contributed by atoms with E-state index in [0.29, 0.717) is 5.75 Å². The highest BCUT2D eigenvalue weighted by atomic mass is 79.9. The topological polar surface area (TPSA) is 20.2 Å². The van der Waals surface area contributed by atoms with Gasteiger partial charge in [-0.25, -0.2) is 0 Å². The molecule has 1 aliphatic rings. The van der Waals surface area contributed by atoms with Crippen molar-refractivity contribution in [3.8, 4) is 5.75 Å². The summed E-state index contributed by atoms with van der Waals surface area (Å²) in [6, 6.07) is 7.68. The second kappa shape index (κ2) is 5.72. The van der Waals surface area contributed by atoms with Crippen molar-refractivity contribution in [3.05, 3.63) is 29.8 Å². The van der Waals surface area contributed by atoms with E-state index < -0.39 is 0 Å². The maximum atomic E-state index is 9.45. The zero-order chi connectivity index (χ0) is 11.4. The Bertz CT molecular complexity index is 331. The van der Waals surface area contributed by atoms with Gasteiger partial charge in [-0.05, 0) is 36.0 Å². The fourth-order valence-corrected chi connectivity index (χ4v) is 3.52. The number of alkyl halides is 1. The van der Waals surface area contributed by atoms with Crippen molar-refractivity contribution in [2.45, 2.75) is 32.1 Å². The molecule has 0 aromatic heterocycles. The first-order valence-electron chi connectivity index (χ1n) is 6.13. The summed E-state index contributed by atoms with van der Waals surface area (Å²) >= 11 is 3.64. The van der Waals surface area contributed by atoms with Crippen LogP contribution in [0.5, 0.6) is 5.75 Å². The van der Waals surface area contributed by atoms with Gasteiger partial charge in [0.05, 0.1) is 0 Å². The quantitative estimate of drug-likeness (QED) is 0.823. The van der Waals surface area contributed by atoms with Gasteiger partial charge in [-0.2, -0.15) is 0 Å². The average Bonchev–Trinajstić information content (AvgIpc) is 2.79. The van der Waals surface area contributed by atoms with Gasteiger partial charge in [-0.1, -0.05) is 53.7 Å². The minimum absolute atomic E-state index is 0.386. The molecule has 0 heterocycles. The fourth-order valence-electron chi connectivity index (χ4n) is 2.76. The van der Waals surface area contributed by atoms with E-state index in [-0.39, 0.29) is 0 Å². The summed E-state index contributed by atoms with van der Waals surface area (Å²) in [5.74, 6) is 1.99. The standard InChI is InChI=1S/C14H19BrO/c15-10-13(12-5-1-2-6-12)8-11-4-3-7-14(16)9-11/h3-4,7,9,12-13,16H,1-2,5-6,8,10H2. The molecular weight excluding hydrogens is 264 g/mol. The average molecular weight is 283 g/mol. The summed E-state index contributed by atoms with van der Waals surface area (Å²) in [4.78, 5) is 0. The molecule has 0 bridgehead atoms. The van der Waals surface area contributed by atoms with Crippen LogP contribution in [0.2, 0.25) is 0 Å². The molecule has 0 aliphatic heterocycles. The Balaban J connectivity index is 2.00. The van der Waals surface area contributed by atoms with Gasteiger partial charge in [0.2, 0.25) is 0 Å². The zero-order valence-corrected chi connectivity index (χ0v) is 11.1. The first kappa shape index (κ1) is 12.0. The second-order valence-corrected chi connectivity index (χ2v) is 5.48. The van der Waals surface area contributed by atoms with E-state index in [1.807, 2.05) is 12.1 Å². The maximum Gasteiger partial charge on any atom is 0.115 e. The molecule has 2 heteroatoms. The molecule has 1 saturated carbocycles. The highest BCUT2D eigenvalue weighted by Gasteiger charge is 2.24. The van der Waals surface area contributed by atoms with Gasteiger partial charge in [-0.3, -0.25) is 0 Å². The molecule has 1 atom stereocenters. The van der Waals surface area contributed by atoms with Crippen LogP contribution in [0.15, 0.2) is 24.3 Å². The summed E-state index contributed by atoms with van der Waals surface area (Å²) in [7, 11) is 0. The van der Waals surface area contributed by atoms with Crippen molar-refractivity contribution >= 4 is 15.9 Å². The lowest BCUT2D eigenvalue weighted by molar-refractivity contribution is 0.372. The second-order valence-electron chi connectivity index (χ2n) is 4.83. The number of phenolic OH excluding ortho intramolecular Hbond substituents is 1. The van der Waals surface area contributed by atoms with Gasteiger partial charge in [0.15, 0.2) is 0 Å². The summed E-state index contributed by atoms with van der Waals surface area (Å²) in [6.45, 7) is 0. The van der Waals surface area contributed by atoms with Crippen molar-refractivity contribution in [1.82, 2.24) is 0 Å². The van der Waals surface area contributed by atoms with Crippen LogP contribution < -0.4 is 0 Å². The number of hydrogen-bond donors (Lipinski definition) is 1. The van der Waals surface area contributed by atoms with Crippen LogP contribution in [0, 0.1) is 11.8 Å². The predicted molar refractivity (Wildman–Crippen MR) is 71.1 cm³/mol. The van der Waals surface area contributed by atoms with Crippen molar-refractivity contribution in [1.29, 1.82) is 0 Å². The zero-order valence-electron chi connectivity index (χ0n) is 9.53. The van der Waals surface area contributed by atoms with Crippen molar-refractivity contribution in [3.63, 3.8) is 0 Å². The highest BCUT2D eigenvalue weighted by Crippen LogP contribution is 2.34. The smallest absolute Gasteiger partial charge is 0.115 e. The van der Waals surface area contributed by atoms with Gasteiger partial charge in [0, 0.05) is 5.33 Å². The maximum absolute atomic E-state index is 9.45. The lowest BCUT2D eigenvalue weighted by Gasteiger charge is -2.21. The van der Waals surface area contributed by atoms with E-state index in [4.69, 9.17) is 0 Å². The first-order chi connectivity index (χ1) is 7.79. The minimum Gasteiger partial charge on any atom is -0.508 e. The fraction of sp³-hybridized carbons (Fsp3) is 0.571. The van der Waals surface area contributed by atoms with Crippen LogP contribution in [0.4, 0.5) is 0 Å². The molecule has 2 rings (SSSR count). The van der Waals surface area contributed by atoms with E-state index in [1.165, 1.54) is 31.2 Å². The molecule has 1 nitrogen and oxygen atoms in total. The Morgan fingerprint density at radius 3 is 2.69 bits per heavy atom. The van der Waals surface area contributed by atoms with Gasteiger partial charge < -0.3 is 5.11 Å². The summed E-state index contributed by atoms with van der Waals surface area (Å²) in [6.07, 6.45) is 6.65. The van der Waals surface area contributed by atoms with Gasteiger partial charge in [0.25, 0.3) is 0 Å². The normalized spacial score (nSPS) is 18.8. The van der Waals surface area contributed by atoms with Crippen LogP contribution in [-0.4, -0.2) is 10.4 Å². The van der Waals surface area contributed by atoms with Crippen LogP contribution in [0.3, 0.4) is 0 Å². The Hall–Kier alpha value is -0.500. The number of aromatic hydroxyl groups is 1. The number of phenols is 1. The van der Waals surface area contributed by atoms with E-state index in [9.17, 15) is 5.11 Å². The molecule has 88 valence electrons. The first-order valence-corrected chi connectivity index (χ1v) is 7.25. The van der Waals surface area contributed by atoms with Gasteiger partial charge in [-0.15, -0.1) is 0 Å². The molecule has 0 spiro atoms. The Morgan fingerprint density at radius 1 is 1.31 bits per heavy atom. The molecule has 1 N–H and O–H groups in total. The van der Waals surface area contributed by atoms with Crippen LogP contribution >= 0.6 is 15.9 Å². The van der Waals surface area contributed by atoms with Gasteiger partial charge in [0.1, 0.15) is 5.75 Å². The molecular formula is C14H19BrO. The third-order valence-electron chi connectivity index (χ3n) is 3.67. The molecule has 1 aromatic carbocycles. The SMILES string of the molecule is Oc1cccc(CC(CBr)C2CCCC2)c1. The molecule has 0 saturated heterocycles. The van der Waals surface area contributed by atoms with Crippen LogP contribution in [0.25, 0.3) is 0 Å². The molecule has 1 aromatic rings. The van der Waals surface area contributed by atoms with Gasteiger partial charge >= 0.3 is 0 Å². The lowest BCUT2D eigenvalue weighted by Crippen LogP contribution is -2.16. The number of hydrogen-bond acceptors (Lipinski definition) is 1. The summed E-state index contributed by atoms with van der Waals surface area (Å²) in [5.41, 5.74) is 1.26. The van der Waals surface area contributed by atoms with Crippen molar-refractivity contribution in [2.24, 2.45) is 11.8 Å². The third kappa shape index (κ3) is 3.00. The van der Waals surface area contributed by atoms with Crippen molar-refractivity contribution < 1.29 is 5.11 Å². The molecule has 0 amide bonds. The molecule has 0 radical (unpaired) electrons. The number of benzene rings is 1. The number of halogens is 1. The molecule has 1 unspecified atom stereocenters. The Kier molecular flexibility index (Phi) is 4.28. The van der Waals surface area contributed by atoms with E-state index in [0.717, 1.165) is 23.6 Å². The largest absolute Gasteiger partial charge is 0.508 e. The third-order valence-corrected chi connectivity index (χ3v) is 4.50. The van der Waals surface area contributed by atoms with E-state index >= 15 is 0 Å². The molecule has 1 aliphatic carbocycles. The number of rotatable bonds is 4. The van der Waals surface area contributed by atoms with E-state index in [2.05, 4.69) is 22.0 Å². The summed E-state index contributed by atoms with van der Waals surface area (Å²) < 4.78 is 0. The highest BCUT2D eigenvalue weighted by molar-refractivity contribution is 9.09. The van der Waals surface area contributed by atoms with Crippen LogP contribution in [0.1, 0.15) is 31.2 Å². The lowest BCUT2D eigenvalue weighted by atomic mass is 9.87. The van der Waals surface area contributed by atoms with Crippen molar-refractivity contribution in [2.75, 3.05) is 5.33 Å². The summed E-state index contributed by atoms with van der Waals surface area (Å²) in [5, 5.41) is 10.5. The predicted octanol–water partition coefficient (Wildman–Crippen LogP) is 4.14. The van der Waals surface area contributed by atoms with E-state index in [1.54, 1.807) is 6.07 Å². The molecule has 1 fully saturated rings. The Morgan fingerprint density at radius 2 is 2.06 bits per heavy atom.